The van der Waals surface area contributed by atoms with Crippen LogP contribution < -0.4 is 4.90 Å². The van der Waals surface area contributed by atoms with Crippen LogP contribution >= 0.6 is 0 Å². The number of benzene rings is 1. The summed E-state index contributed by atoms with van der Waals surface area (Å²) in [5.74, 6) is 0.449. The van der Waals surface area contributed by atoms with Gasteiger partial charge in [0.15, 0.2) is 0 Å². The Kier molecular flexibility index (Phi) is 2.25. The molecule has 0 aliphatic heterocycles. The number of hydrogen-bond acceptors (Lipinski definition) is 2. The summed E-state index contributed by atoms with van der Waals surface area (Å²) in [7, 11) is 1.44. The van der Waals surface area contributed by atoms with Gasteiger partial charge < -0.3 is 10.1 Å². The molecule has 1 aromatic carbocycles. The van der Waals surface area contributed by atoms with Gasteiger partial charge in [0.2, 0.25) is 0 Å². The molecular weight excluding hydrogens is 206 g/mol. The predicted octanol–water partition coefficient (Wildman–Crippen LogP) is 2.15. The van der Waals surface area contributed by atoms with Crippen molar-refractivity contribution < 1.29 is 9.90 Å². The first kappa shape index (κ1) is 10.1. The first-order valence-corrected chi connectivity index (χ1v) is 4.62. The molecule has 0 bridgehead atoms. The number of nitriles is 1. The van der Waals surface area contributed by atoms with E-state index in [0.717, 1.165) is 15.8 Å². The van der Waals surface area contributed by atoms with Gasteiger partial charge >= 0.3 is 6.09 Å². The first-order valence-electron chi connectivity index (χ1n) is 4.62. The third-order valence-electron chi connectivity index (χ3n) is 2.42. The van der Waals surface area contributed by atoms with Crippen molar-refractivity contribution >= 4 is 22.8 Å². The average molecular weight is 215 g/mol. The Balaban J connectivity index is 2.61. The van der Waals surface area contributed by atoms with Crippen molar-refractivity contribution in [3.8, 4) is 6.07 Å². The number of hydrogen-bond donors (Lipinski definition) is 2. The number of aromatic nitrogens is 1. The van der Waals surface area contributed by atoms with Crippen molar-refractivity contribution in [2.75, 3.05) is 11.9 Å². The molecule has 0 atom stereocenters. The van der Waals surface area contributed by atoms with Crippen LogP contribution in [0.15, 0.2) is 24.3 Å². The molecule has 1 amide bonds. The molecule has 0 unspecified atom stereocenters. The molecule has 0 radical (unpaired) electrons. The van der Waals surface area contributed by atoms with Crippen LogP contribution in [0.3, 0.4) is 0 Å². The summed E-state index contributed by atoms with van der Waals surface area (Å²) in [6, 6.07) is 8.97. The smallest absolute Gasteiger partial charge is 0.412 e. The predicted molar refractivity (Wildman–Crippen MR) is 59.4 cm³/mol. The Morgan fingerprint density at radius 1 is 1.56 bits per heavy atom. The Morgan fingerprint density at radius 3 is 2.94 bits per heavy atom. The molecule has 2 N–H and O–H groups in total. The molecule has 0 aliphatic carbocycles. The monoisotopic (exact) mass is 215 g/mol. The second-order valence-electron chi connectivity index (χ2n) is 3.37. The molecule has 1 heterocycles. The number of rotatable bonds is 1. The largest absolute Gasteiger partial charge is 0.465 e. The molecule has 0 spiro atoms. The first-order chi connectivity index (χ1) is 7.63. The fourth-order valence-electron chi connectivity index (χ4n) is 1.52. The van der Waals surface area contributed by atoms with Gasteiger partial charge in [-0.3, -0.25) is 4.90 Å². The maximum Gasteiger partial charge on any atom is 0.412 e. The normalized spacial score (nSPS) is 10.0. The summed E-state index contributed by atoms with van der Waals surface area (Å²) in [4.78, 5) is 14.8. The fourth-order valence-corrected chi connectivity index (χ4v) is 1.52. The molecule has 0 saturated carbocycles. The van der Waals surface area contributed by atoms with Crippen molar-refractivity contribution in [1.29, 1.82) is 5.26 Å². The van der Waals surface area contributed by atoms with Gasteiger partial charge in [-0.05, 0) is 18.2 Å². The van der Waals surface area contributed by atoms with Crippen LogP contribution in [0.2, 0.25) is 0 Å². The summed E-state index contributed by atoms with van der Waals surface area (Å²) in [6.07, 6.45) is -1.05. The standard InChI is InChI=1S/C11H9N3O2/c1-14(11(15)16)10-5-8-7(6-12)3-2-4-9(8)13-10/h2-5,13H,1H3,(H,15,16). The zero-order chi connectivity index (χ0) is 11.7. The highest BCUT2D eigenvalue weighted by Crippen LogP contribution is 2.23. The Bertz CT molecular complexity index is 595. The minimum Gasteiger partial charge on any atom is -0.465 e. The van der Waals surface area contributed by atoms with Crippen LogP contribution in [0, 0.1) is 11.3 Å². The highest BCUT2D eigenvalue weighted by molar-refractivity contribution is 5.93. The van der Waals surface area contributed by atoms with E-state index >= 15 is 0 Å². The van der Waals surface area contributed by atoms with Gasteiger partial charge in [-0.1, -0.05) is 6.07 Å². The van der Waals surface area contributed by atoms with E-state index in [0.29, 0.717) is 11.4 Å². The average Bonchev–Trinajstić information content (AvgIpc) is 2.70. The van der Waals surface area contributed by atoms with Crippen LogP contribution in [0.4, 0.5) is 10.6 Å². The maximum absolute atomic E-state index is 10.8. The number of nitrogens with zero attached hydrogens (tertiary/aromatic N) is 2. The van der Waals surface area contributed by atoms with E-state index in [4.69, 9.17) is 10.4 Å². The summed E-state index contributed by atoms with van der Waals surface area (Å²) in [6.45, 7) is 0. The highest BCUT2D eigenvalue weighted by Gasteiger charge is 2.12. The van der Waals surface area contributed by atoms with Crippen LogP contribution in [-0.2, 0) is 0 Å². The van der Waals surface area contributed by atoms with E-state index in [1.165, 1.54) is 7.05 Å². The number of fused-ring (bicyclic) bond motifs is 1. The van der Waals surface area contributed by atoms with Gasteiger partial charge in [0.05, 0.1) is 11.6 Å². The Labute approximate surface area is 91.5 Å². The van der Waals surface area contributed by atoms with Crippen molar-refractivity contribution in [2.45, 2.75) is 0 Å². The molecular formula is C11H9N3O2. The molecule has 5 heteroatoms. The number of nitrogens with one attached hydrogen (secondary N) is 1. The van der Waals surface area contributed by atoms with Gasteiger partial charge in [0.25, 0.3) is 0 Å². The summed E-state index contributed by atoms with van der Waals surface area (Å²) >= 11 is 0. The summed E-state index contributed by atoms with van der Waals surface area (Å²) in [5.41, 5.74) is 1.28. The molecule has 2 aromatic rings. The van der Waals surface area contributed by atoms with Crippen molar-refractivity contribution in [3.05, 3.63) is 29.8 Å². The molecule has 80 valence electrons. The highest BCUT2D eigenvalue weighted by atomic mass is 16.4. The second-order valence-corrected chi connectivity index (χ2v) is 3.37. The van der Waals surface area contributed by atoms with Crippen molar-refractivity contribution in [3.63, 3.8) is 0 Å². The number of amides is 1. The molecule has 5 nitrogen and oxygen atoms in total. The number of aromatic amines is 1. The van der Waals surface area contributed by atoms with Crippen LogP contribution in [-0.4, -0.2) is 23.2 Å². The Hall–Kier alpha value is -2.48. The van der Waals surface area contributed by atoms with E-state index < -0.39 is 6.09 Å². The van der Waals surface area contributed by atoms with E-state index in [-0.39, 0.29) is 0 Å². The minimum atomic E-state index is -1.05. The van der Waals surface area contributed by atoms with Gasteiger partial charge in [0, 0.05) is 18.0 Å². The summed E-state index contributed by atoms with van der Waals surface area (Å²) < 4.78 is 0. The zero-order valence-corrected chi connectivity index (χ0v) is 8.56. The Morgan fingerprint density at radius 2 is 2.31 bits per heavy atom. The maximum atomic E-state index is 10.8. The van der Waals surface area contributed by atoms with Gasteiger partial charge in [-0.2, -0.15) is 5.26 Å². The molecule has 0 saturated heterocycles. The third kappa shape index (κ3) is 1.46. The van der Waals surface area contributed by atoms with E-state index in [1.807, 2.05) is 0 Å². The number of carbonyl (C=O) groups is 1. The van der Waals surface area contributed by atoms with Crippen LogP contribution in [0.1, 0.15) is 5.56 Å². The zero-order valence-electron chi connectivity index (χ0n) is 8.56. The van der Waals surface area contributed by atoms with E-state index in [2.05, 4.69) is 11.1 Å². The minimum absolute atomic E-state index is 0.449. The molecule has 0 aliphatic rings. The lowest BCUT2D eigenvalue weighted by atomic mass is 10.1. The molecule has 1 aromatic heterocycles. The lowest BCUT2D eigenvalue weighted by Gasteiger charge is -2.08. The van der Waals surface area contributed by atoms with Crippen molar-refractivity contribution in [1.82, 2.24) is 4.98 Å². The third-order valence-corrected chi connectivity index (χ3v) is 2.42. The fraction of sp³-hybridized carbons (Fsp3) is 0.0909. The van der Waals surface area contributed by atoms with Gasteiger partial charge in [0.1, 0.15) is 5.82 Å². The summed E-state index contributed by atoms with van der Waals surface area (Å²) in [5, 5.41) is 18.5. The van der Waals surface area contributed by atoms with Gasteiger partial charge in [-0.15, -0.1) is 0 Å². The number of H-pyrrole nitrogens is 1. The topological polar surface area (TPSA) is 80.1 Å². The lowest BCUT2D eigenvalue weighted by Crippen LogP contribution is -2.23. The molecule has 2 rings (SSSR count). The quantitative estimate of drug-likeness (QED) is 0.764. The van der Waals surface area contributed by atoms with Crippen molar-refractivity contribution in [2.24, 2.45) is 0 Å². The lowest BCUT2D eigenvalue weighted by molar-refractivity contribution is 0.203. The van der Waals surface area contributed by atoms with E-state index in [1.54, 1.807) is 24.3 Å². The second kappa shape index (κ2) is 3.59. The molecule has 16 heavy (non-hydrogen) atoms. The number of anilines is 1. The number of carboxylic acid groups (broad SMARTS) is 1. The van der Waals surface area contributed by atoms with E-state index in [9.17, 15) is 4.79 Å². The van der Waals surface area contributed by atoms with Gasteiger partial charge in [-0.25, -0.2) is 4.79 Å². The molecule has 0 fully saturated rings. The van der Waals surface area contributed by atoms with Crippen LogP contribution in [0.25, 0.3) is 10.9 Å². The van der Waals surface area contributed by atoms with Crippen LogP contribution in [0.5, 0.6) is 0 Å². The SMILES string of the molecule is CN(C(=O)O)c1cc2c(C#N)cccc2[nH]1.